The van der Waals surface area contributed by atoms with Crippen molar-refractivity contribution < 1.29 is 39.5 Å². The summed E-state index contributed by atoms with van der Waals surface area (Å²) in [6, 6.07) is 3.40. The molecular weight excluding hydrogens is 536 g/mol. The van der Waals surface area contributed by atoms with Crippen LogP contribution in [0.25, 0.3) is 0 Å². The van der Waals surface area contributed by atoms with Crippen molar-refractivity contribution in [1.29, 1.82) is 0 Å². The van der Waals surface area contributed by atoms with E-state index in [1.165, 1.54) is 0 Å². The first kappa shape index (κ1) is 34.5. The van der Waals surface area contributed by atoms with Gasteiger partial charge in [0.05, 0.1) is 35.6 Å². The van der Waals surface area contributed by atoms with Gasteiger partial charge in [-0.25, -0.2) is 4.79 Å². The standard InChI is InChI=1S/C34H54O8/c1-9-25(31-21(6)18-34(11-3,42-31)26-16-17-33(10-2,41-26)23(8)35)30(38)22(7)28(36)19(4)12-14-24-15-13-20(5)29(37)27(24)32(39)40/h13,15,19,21-23,25-26,28,31,35-37H,9-12,14,16-18H2,1-8H3,(H,39,40). The molecular formula is C34H54O8. The zero-order chi connectivity index (χ0) is 31.6. The first-order valence-electron chi connectivity index (χ1n) is 16.0. The Morgan fingerprint density at radius 1 is 1.07 bits per heavy atom. The largest absolute Gasteiger partial charge is 0.507 e. The van der Waals surface area contributed by atoms with Gasteiger partial charge < -0.3 is 29.9 Å². The minimum absolute atomic E-state index is 0.0148. The molecule has 1 aromatic carbocycles. The van der Waals surface area contributed by atoms with Crippen LogP contribution in [0.4, 0.5) is 0 Å². The molecule has 3 rings (SSSR count). The SMILES string of the molecule is CCC(C(=O)C(C)C(O)C(C)CCc1ccc(C)c(O)c1C(=O)O)C1OC(CC)(C2CCC(CC)(C(C)O)O2)CC1C. The number of hydrogen-bond acceptors (Lipinski definition) is 7. The topological polar surface area (TPSA) is 134 Å². The minimum Gasteiger partial charge on any atom is -0.507 e. The average molecular weight is 591 g/mol. The van der Waals surface area contributed by atoms with E-state index in [1.807, 2.05) is 20.8 Å². The number of ketones is 1. The predicted octanol–water partition coefficient (Wildman–Crippen LogP) is 5.84. The van der Waals surface area contributed by atoms with Crippen molar-refractivity contribution in [2.45, 2.75) is 142 Å². The molecule has 238 valence electrons. The van der Waals surface area contributed by atoms with Crippen LogP contribution in [0.15, 0.2) is 12.1 Å². The van der Waals surface area contributed by atoms with E-state index in [9.17, 15) is 30.0 Å². The molecule has 0 saturated carbocycles. The number of aromatic hydroxyl groups is 1. The van der Waals surface area contributed by atoms with Crippen molar-refractivity contribution in [3.63, 3.8) is 0 Å². The van der Waals surface area contributed by atoms with Crippen molar-refractivity contribution in [2.24, 2.45) is 23.7 Å². The molecule has 10 atom stereocenters. The molecule has 8 nitrogen and oxygen atoms in total. The highest BCUT2D eigenvalue weighted by Gasteiger charge is 2.57. The van der Waals surface area contributed by atoms with Gasteiger partial charge in [0.25, 0.3) is 0 Å². The first-order valence-corrected chi connectivity index (χ1v) is 16.0. The fourth-order valence-electron chi connectivity index (χ4n) is 7.58. The number of carbonyl (C=O) groups excluding carboxylic acids is 1. The van der Waals surface area contributed by atoms with Gasteiger partial charge in [-0.05, 0) is 88.2 Å². The van der Waals surface area contributed by atoms with Gasteiger partial charge in [0.2, 0.25) is 0 Å². The Labute approximate surface area is 251 Å². The average Bonchev–Trinajstić information content (AvgIpc) is 3.56. The molecule has 1 aromatic rings. The van der Waals surface area contributed by atoms with Gasteiger partial charge in [0.15, 0.2) is 0 Å². The van der Waals surface area contributed by atoms with E-state index in [1.54, 1.807) is 32.9 Å². The number of carboxylic acid groups (broad SMARTS) is 1. The lowest BCUT2D eigenvalue weighted by Gasteiger charge is -2.38. The molecule has 0 amide bonds. The maximum Gasteiger partial charge on any atom is 0.339 e. The molecule has 2 heterocycles. The number of phenols is 1. The summed E-state index contributed by atoms with van der Waals surface area (Å²) in [5.74, 6) is -2.55. The van der Waals surface area contributed by atoms with Crippen molar-refractivity contribution in [1.82, 2.24) is 0 Å². The lowest BCUT2D eigenvalue weighted by molar-refractivity contribution is -0.188. The van der Waals surface area contributed by atoms with E-state index >= 15 is 0 Å². The number of aliphatic hydroxyl groups excluding tert-OH is 2. The summed E-state index contributed by atoms with van der Waals surface area (Å²) in [4.78, 5) is 25.7. The molecule has 2 fully saturated rings. The van der Waals surface area contributed by atoms with Gasteiger partial charge in [-0.15, -0.1) is 0 Å². The van der Waals surface area contributed by atoms with Crippen LogP contribution in [0.5, 0.6) is 5.75 Å². The number of carboxylic acids is 1. The van der Waals surface area contributed by atoms with Crippen LogP contribution in [0.2, 0.25) is 0 Å². The lowest BCUT2D eigenvalue weighted by atomic mass is 9.77. The van der Waals surface area contributed by atoms with Crippen LogP contribution < -0.4 is 0 Å². The number of Topliss-reactive ketones (excluding diaryl/α,β-unsaturated/α-hetero) is 1. The van der Waals surface area contributed by atoms with Crippen LogP contribution in [0, 0.1) is 30.6 Å². The third kappa shape index (κ3) is 6.57. The highest BCUT2D eigenvalue weighted by atomic mass is 16.6. The van der Waals surface area contributed by atoms with Gasteiger partial charge >= 0.3 is 5.97 Å². The van der Waals surface area contributed by atoms with Gasteiger partial charge in [-0.1, -0.05) is 53.7 Å². The summed E-state index contributed by atoms with van der Waals surface area (Å²) in [6.45, 7) is 15.4. The summed E-state index contributed by atoms with van der Waals surface area (Å²) in [6.07, 6.45) is 3.39. The van der Waals surface area contributed by atoms with E-state index in [0.29, 0.717) is 30.4 Å². The molecule has 10 unspecified atom stereocenters. The summed E-state index contributed by atoms with van der Waals surface area (Å²) in [5, 5.41) is 41.6. The smallest absolute Gasteiger partial charge is 0.339 e. The van der Waals surface area contributed by atoms with Crippen molar-refractivity contribution in [3.05, 3.63) is 28.8 Å². The number of rotatable bonds is 14. The molecule has 0 aromatic heterocycles. The van der Waals surface area contributed by atoms with Crippen LogP contribution in [0.3, 0.4) is 0 Å². The van der Waals surface area contributed by atoms with Crippen molar-refractivity contribution >= 4 is 11.8 Å². The number of carbonyl (C=O) groups is 2. The summed E-state index contributed by atoms with van der Waals surface area (Å²) in [7, 11) is 0. The predicted molar refractivity (Wildman–Crippen MR) is 162 cm³/mol. The van der Waals surface area contributed by atoms with Crippen LogP contribution in [-0.2, 0) is 20.7 Å². The highest BCUT2D eigenvalue weighted by molar-refractivity contribution is 5.93. The Balaban J connectivity index is 1.70. The summed E-state index contributed by atoms with van der Waals surface area (Å²) in [5.41, 5.74) is -0.170. The molecule has 42 heavy (non-hydrogen) atoms. The van der Waals surface area contributed by atoms with Crippen LogP contribution in [-0.4, -0.2) is 67.8 Å². The quantitative estimate of drug-likeness (QED) is 0.212. The van der Waals surface area contributed by atoms with Crippen LogP contribution >= 0.6 is 0 Å². The van der Waals surface area contributed by atoms with Gasteiger partial charge in [0.1, 0.15) is 17.1 Å². The first-order chi connectivity index (χ1) is 19.7. The molecule has 4 N–H and O–H groups in total. The summed E-state index contributed by atoms with van der Waals surface area (Å²) < 4.78 is 13.4. The Hall–Kier alpha value is -2.00. The Morgan fingerprint density at radius 2 is 1.74 bits per heavy atom. The molecule has 8 heteroatoms. The molecule has 0 radical (unpaired) electrons. The maximum atomic E-state index is 13.9. The van der Waals surface area contributed by atoms with E-state index in [0.717, 1.165) is 32.1 Å². The number of ether oxygens (including phenoxy) is 2. The number of benzene rings is 1. The summed E-state index contributed by atoms with van der Waals surface area (Å²) >= 11 is 0. The number of aromatic carboxylic acids is 1. The number of aryl methyl sites for hydroxylation is 2. The monoisotopic (exact) mass is 590 g/mol. The van der Waals surface area contributed by atoms with E-state index < -0.39 is 35.3 Å². The lowest BCUT2D eigenvalue weighted by Crippen LogP contribution is -2.47. The van der Waals surface area contributed by atoms with E-state index in [2.05, 4.69) is 13.8 Å². The number of hydrogen-bond donors (Lipinski definition) is 4. The Morgan fingerprint density at radius 3 is 2.26 bits per heavy atom. The zero-order valence-electron chi connectivity index (χ0n) is 26.9. The fraction of sp³-hybridized carbons (Fsp3) is 0.765. The second kappa shape index (κ2) is 13.7. The van der Waals surface area contributed by atoms with Gasteiger partial charge in [-0.2, -0.15) is 0 Å². The van der Waals surface area contributed by atoms with E-state index in [4.69, 9.17) is 9.47 Å². The zero-order valence-corrected chi connectivity index (χ0v) is 26.9. The highest BCUT2D eigenvalue weighted by Crippen LogP contribution is 2.50. The molecule has 0 aliphatic carbocycles. The molecule has 0 bridgehead atoms. The Bertz CT molecular complexity index is 1100. The second-order valence-corrected chi connectivity index (χ2v) is 13.2. The Kier molecular flexibility index (Phi) is 11.3. The van der Waals surface area contributed by atoms with E-state index in [-0.39, 0.29) is 47.1 Å². The second-order valence-electron chi connectivity index (χ2n) is 13.2. The molecule has 2 saturated heterocycles. The van der Waals surface area contributed by atoms with Gasteiger partial charge in [0, 0.05) is 11.8 Å². The van der Waals surface area contributed by atoms with Crippen LogP contribution in [0.1, 0.15) is 115 Å². The maximum absolute atomic E-state index is 13.9. The molecule has 2 aliphatic heterocycles. The fourth-order valence-corrected chi connectivity index (χ4v) is 7.58. The van der Waals surface area contributed by atoms with Crippen molar-refractivity contribution in [3.8, 4) is 5.75 Å². The normalized spacial score (nSPS) is 31.4. The minimum atomic E-state index is -1.18. The molecule has 0 spiro atoms. The van der Waals surface area contributed by atoms with Gasteiger partial charge in [-0.3, -0.25) is 4.79 Å². The number of aliphatic hydroxyl groups is 2. The van der Waals surface area contributed by atoms with Crippen molar-refractivity contribution in [2.75, 3.05) is 0 Å². The third-order valence-electron chi connectivity index (χ3n) is 10.6. The molecule has 2 aliphatic rings. The third-order valence-corrected chi connectivity index (χ3v) is 10.6.